The molecule has 0 bridgehead atoms. The lowest BCUT2D eigenvalue weighted by Gasteiger charge is -2.59. The van der Waals surface area contributed by atoms with Crippen LogP contribution in [-0.4, -0.2) is 78.6 Å². The Bertz CT molecular complexity index is 2950. The summed E-state index contributed by atoms with van der Waals surface area (Å²) < 4.78 is 45.3. The number of aliphatic hydroxyl groups excluding tert-OH is 2. The van der Waals surface area contributed by atoms with E-state index in [9.17, 15) is 10.2 Å². The highest BCUT2D eigenvalue weighted by Gasteiger charge is 2.66. The van der Waals surface area contributed by atoms with Crippen LogP contribution in [0.3, 0.4) is 0 Å². The fraction of sp³-hybridized carbons (Fsp3) is 0.344. The molecule has 1 fully saturated rings. The number of carbonyl (C=O) groups excluding carboxylic acids is 1. The molecule has 77 heavy (non-hydrogen) atoms. The Morgan fingerprint density at radius 3 is 2.13 bits per heavy atom. The second-order valence-electron chi connectivity index (χ2n) is 20.0. The van der Waals surface area contributed by atoms with E-state index in [1.54, 1.807) is 11.0 Å². The first-order valence-electron chi connectivity index (χ1n) is 27.0. The molecule has 0 radical (unpaired) electrons. The van der Waals surface area contributed by atoms with Crippen molar-refractivity contribution in [1.29, 1.82) is 0 Å². The van der Waals surface area contributed by atoms with E-state index in [0.717, 1.165) is 64.6 Å². The molecule has 4 aliphatic rings. The molecule has 6 unspecified atom stereocenters. The van der Waals surface area contributed by atoms with E-state index < -0.39 is 23.8 Å². The van der Waals surface area contributed by atoms with Crippen LogP contribution >= 0.6 is 0 Å². The van der Waals surface area contributed by atoms with E-state index in [1.165, 1.54) is 0 Å². The summed E-state index contributed by atoms with van der Waals surface area (Å²) in [5, 5.41) is 25.3. The smallest absolute Gasteiger partial charge is 0.410 e. The summed E-state index contributed by atoms with van der Waals surface area (Å²) in [5.41, 5.74) is 7.43. The molecule has 13 heteroatoms. The molecule has 1 saturated carbocycles. The Hall–Kier alpha value is -7.42. The number of rotatable bonds is 25. The monoisotopic (exact) mass is 1040 g/mol. The number of fused-ring (bicyclic) bond motifs is 3. The lowest BCUT2D eigenvalue weighted by molar-refractivity contribution is -0.256. The van der Waals surface area contributed by atoms with Crippen LogP contribution in [0.4, 0.5) is 4.79 Å². The Kier molecular flexibility index (Phi) is 17.6. The molecular formula is C64H68N2O11. The number of benzene rings is 6. The molecule has 1 amide bonds. The van der Waals surface area contributed by atoms with Gasteiger partial charge >= 0.3 is 6.09 Å². The van der Waals surface area contributed by atoms with Gasteiger partial charge in [-0.3, -0.25) is 4.90 Å². The number of oxime groups is 1. The average Bonchev–Trinajstić information content (AvgIpc) is 4.08. The molecule has 6 aromatic carbocycles. The molecule has 2 N–H and O–H groups in total. The van der Waals surface area contributed by atoms with Gasteiger partial charge in [0.1, 0.15) is 36.5 Å². The summed E-state index contributed by atoms with van der Waals surface area (Å²) in [6.07, 6.45) is 8.03. The van der Waals surface area contributed by atoms with Crippen LogP contribution < -0.4 is 18.9 Å². The highest BCUT2D eigenvalue weighted by Crippen LogP contribution is 2.62. The highest BCUT2D eigenvalue weighted by atomic mass is 16.7. The summed E-state index contributed by atoms with van der Waals surface area (Å²) in [6, 6.07) is 48.8. The Morgan fingerprint density at radius 1 is 0.714 bits per heavy atom. The number of ether oxygens (including phenoxy) is 7. The van der Waals surface area contributed by atoms with Gasteiger partial charge in [-0.25, -0.2) is 4.79 Å². The van der Waals surface area contributed by atoms with E-state index in [1.807, 2.05) is 121 Å². The van der Waals surface area contributed by atoms with Gasteiger partial charge in [0.15, 0.2) is 11.5 Å². The third-order valence-electron chi connectivity index (χ3n) is 15.1. The largest absolute Gasteiger partial charge is 0.459 e. The summed E-state index contributed by atoms with van der Waals surface area (Å²) in [4.78, 5) is 23.3. The number of hydrogen-bond donors (Lipinski definition) is 2. The molecule has 0 spiro atoms. The maximum absolute atomic E-state index is 15.3. The van der Waals surface area contributed by atoms with Gasteiger partial charge in [-0.1, -0.05) is 139 Å². The maximum atomic E-state index is 15.3. The Balaban J connectivity index is 1.10. The van der Waals surface area contributed by atoms with Crippen LogP contribution in [-0.2, 0) is 38.8 Å². The third kappa shape index (κ3) is 12.4. The standard InChI is InChI=1S/C64H68N2O11/c1-2-34-74-64-60(66(41-47-24-30-58-59(37-47)73-44-72-58)63(69)71-36-35-70-42-45-16-6-3-7-17-45)40-56(65-75-43-46-18-8-4-9-19-46)54-38-50(22-12-14-32-67)53(23-13-15-33-68)61(62(54)64)55-39-52(29-31-57(55)77-64)76-51-27-25-49(26-28-51)48-20-10-5-11-21-48/h2-11,16-21,24-31,37-39,50,53,60-62,67-68H,1,12-15,22-23,32-36,40-44H2. The summed E-state index contributed by atoms with van der Waals surface area (Å²) in [7, 11) is 0. The molecule has 400 valence electrons. The topological polar surface area (TPSA) is 147 Å². The molecule has 13 nitrogen and oxygen atoms in total. The zero-order valence-corrected chi connectivity index (χ0v) is 43.5. The average molecular weight is 1040 g/mol. The molecule has 2 aliphatic carbocycles. The van der Waals surface area contributed by atoms with Crippen molar-refractivity contribution in [3.63, 3.8) is 0 Å². The van der Waals surface area contributed by atoms with Crippen molar-refractivity contribution in [2.45, 2.75) is 82.5 Å². The van der Waals surface area contributed by atoms with Crippen molar-refractivity contribution >= 4 is 11.8 Å². The second kappa shape index (κ2) is 25.6. The van der Waals surface area contributed by atoms with Crippen molar-refractivity contribution < 1.29 is 53.0 Å². The van der Waals surface area contributed by atoms with Gasteiger partial charge in [0.25, 0.3) is 0 Å². The first-order valence-corrected chi connectivity index (χ1v) is 27.0. The number of amides is 1. The number of nitrogens with zero attached hydrogens (tertiary/aromatic N) is 2. The number of aliphatic hydroxyl groups is 2. The molecular weight excluding hydrogens is 973 g/mol. The quantitative estimate of drug-likeness (QED) is 0.0321. The van der Waals surface area contributed by atoms with Gasteiger partial charge < -0.3 is 48.2 Å². The van der Waals surface area contributed by atoms with Crippen molar-refractivity contribution in [3.8, 4) is 39.9 Å². The van der Waals surface area contributed by atoms with Gasteiger partial charge in [-0.15, -0.1) is 6.58 Å². The van der Waals surface area contributed by atoms with E-state index in [0.29, 0.717) is 53.9 Å². The fourth-order valence-electron chi connectivity index (χ4n) is 11.5. The molecule has 6 atom stereocenters. The Labute approximate surface area is 451 Å². The molecule has 0 aromatic heterocycles. The number of unbranched alkanes of at least 4 members (excludes halogenated alkanes) is 2. The minimum Gasteiger partial charge on any atom is -0.459 e. The lowest BCUT2D eigenvalue weighted by Crippen LogP contribution is -2.70. The van der Waals surface area contributed by atoms with Crippen molar-refractivity contribution in [3.05, 3.63) is 198 Å². The van der Waals surface area contributed by atoms with Gasteiger partial charge in [0, 0.05) is 37.7 Å². The van der Waals surface area contributed by atoms with Crippen LogP contribution in [0.2, 0.25) is 0 Å². The van der Waals surface area contributed by atoms with Gasteiger partial charge in [-0.05, 0) is 113 Å². The van der Waals surface area contributed by atoms with Gasteiger partial charge in [0.05, 0.1) is 31.5 Å². The van der Waals surface area contributed by atoms with Crippen LogP contribution in [0.1, 0.15) is 73.1 Å². The van der Waals surface area contributed by atoms with Crippen LogP contribution in [0.5, 0.6) is 28.7 Å². The molecule has 10 rings (SSSR count). The van der Waals surface area contributed by atoms with E-state index in [-0.39, 0.29) is 77.2 Å². The number of carbonyl (C=O) groups is 1. The first-order chi connectivity index (χ1) is 37.9. The highest BCUT2D eigenvalue weighted by molar-refractivity contribution is 6.03. The third-order valence-corrected chi connectivity index (χ3v) is 15.1. The summed E-state index contributed by atoms with van der Waals surface area (Å²) in [6.45, 7) is 5.26. The normalized spacial score (nSPS) is 21.2. The van der Waals surface area contributed by atoms with Crippen molar-refractivity contribution in [2.24, 2.45) is 22.9 Å². The second-order valence-corrected chi connectivity index (χ2v) is 20.0. The van der Waals surface area contributed by atoms with Crippen molar-refractivity contribution in [2.75, 3.05) is 39.8 Å². The predicted molar refractivity (Wildman–Crippen MR) is 294 cm³/mol. The fourth-order valence-corrected chi connectivity index (χ4v) is 11.5. The SMILES string of the molecule is C=CCOC12Oc3ccc(Oc4ccc(-c5ccccc5)cc4)cc3C3C(CCCCO)C(CCCCO)C=C(C(=NOCc4ccccc4)CC1N(Cc1ccc4c(c1)OCO4)C(=O)OCCOCc1ccccc1)C32. The zero-order valence-electron chi connectivity index (χ0n) is 43.5. The van der Waals surface area contributed by atoms with Crippen LogP contribution in [0.15, 0.2) is 181 Å². The molecule has 6 aromatic rings. The Morgan fingerprint density at radius 2 is 1.39 bits per heavy atom. The molecule has 0 saturated heterocycles. The number of allylic oxidation sites excluding steroid dienone is 1. The van der Waals surface area contributed by atoms with Crippen molar-refractivity contribution in [1.82, 2.24) is 4.90 Å². The van der Waals surface area contributed by atoms with Crippen LogP contribution in [0.25, 0.3) is 11.1 Å². The first kappa shape index (κ1) is 53.0. The van der Waals surface area contributed by atoms with Gasteiger partial charge in [-0.2, -0.15) is 0 Å². The van der Waals surface area contributed by atoms with Crippen LogP contribution in [0, 0.1) is 17.8 Å². The molecule has 2 aliphatic heterocycles. The van der Waals surface area contributed by atoms with E-state index in [2.05, 4.69) is 43.0 Å². The zero-order chi connectivity index (χ0) is 52.8. The number of hydrogen-bond acceptors (Lipinski definition) is 12. The lowest BCUT2D eigenvalue weighted by atomic mass is 9.55. The summed E-state index contributed by atoms with van der Waals surface area (Å²) >= 11 is 0. The predicted octanol–water partition coefficient (Wildman–Crippen LogP) is 12.6. The van der Waals surface area contributed by atoms with E-state index >= 15 is 4.79 Å². The summed E-state index contributed by atoms with van der Waals surface area (Å²) in [5.74, 6) is 0.722. The molecule has 2 heterocycles. The minimum absolute atomic E-state index is 0.00924. The minimum atomic E-state index is -1.55. The maximum Gasteiger partial charge on any atom is 0.410 e. The van der Waals surface area contributed by atoms with E-state index in [4.69, 9.17) is 43.2 Å². The van der Waals surface area contributed by atoms with Gasteiger partial charge in [0.2, 0.25) is 12.6 Å².